The first-order valence-corrected chi connectivity index (χ1v) is 12.9. The van der Waals surface area contributed by atoms with Crippen molar-refractivity contribution in [1.82, 2.24) is 4.57 Å². The Bertz CT molecular complexity index is 1800. The summed E-state index contributed by atoms with van der Waals surface area (Å²) in [6.07, 6.45) is 1.53. The predicted octanol–water partition coefficient (Wildman–Crippen LogP) is 4.58. The molecule has 204 valence electrons. The van der Waals surface area contributed by atoms with E-state index >= 15 is 0 Å². The maximum atomic E-state index is 13.7. The summed E-state index contributed by atoms with van der Waals surface area (Å²) in [6.45, 7) is 2.74. The molecule has 4 aromatic rings. The van der Waals surface area contributed by atoms with Crippen LogP contribution >= 0.6 is 11.3 Å². The number of nitrogens with zero attached hydrogens (tertiary/aromatic N) is 2. The van der Waals surface area contributed by atoms with E-state index in [1.807, 2.05) is 45.0 Å². The zero-order valence-electron chi connectivity index (χ0n) is 22.1. The van der Waals surface area contributed by atoms with Gasteiger partial charge >= 0.3 is 6.61 Å². The molecule has 0 fully saturated rings. The van der Waals surface area contributed by atoms with Crippen molar-refractivity contribution >= 4 is 34.6 Å². The van der Waals surface area contributed by atoms with Crippen LogP contribution < -0.4 is 29.5 Å². The summed E-state index contributed by atoms with van der Waals surface area (Å²) < 4.78 is 36.8. The number of aromatic nitrogens is 1. The Morgan fingerprint density at radius 3 is 2.38 bits per heavy atom. The zero-order chi connectivity index (χ0) is 29.0. The third-order valence-electron chi connectivity index (χ3n) is 6.13. The monoisotopic (exact) mass is 561 g/mol. The number of aryl methyl sites for hydroxylation is 3. The number of hydrogen-bond donors (Lipinski definition) is 1. The minimum Gasteiger partial charge on any atom is -0.493 e. The number of thiazole rings is 1. The third-order valence-corrected chi connectivity index (χ3v) is 7.23. The lowest BCUT2D eigenvalue weighted by molar-refractivity contribution is -0.111. The fraction of sp³-hybridized carbons (Fsp3) is 0.167. The number of amides is 1. The molecular formula is C30H25F2N3O4S. The average Bonchev–Trinajstić information content (AvgIpc) is 3.22. The summed E-state index contributed by atoms with van der Waals surface area (Å²) in [4.78, 5) is 26.9. The highest BCUT2D eigenvalue weighted by Gasteiger charge is 2.18. The molecule has 0 saturated carbocycles. The second kappa shape index (κ2) is 12.0. The number of benzene rings is 3. The molecule has 0 aliphatic heterocycles. The van der Waals surface area contributed by atoms with Gasteiger partial charge in [-0.1, -0.05) is 29.8 Å². The SMILES string of the molecule is COc1cc(C=c2sc(=C(C#N)C(=O)Nc3ccc(C)c(C)c3)n(-c3ccc(C)cc3)c2=O)ccc1OC(F)F. The number of alkyl halides is 2. The molecule has 3 aromatic carbocycles. The van der Waals surface area contributed by atoms with Crippen LogP contribution in [0.3, 0.4) is 0 Å². The van der Waals surface area contributed by atoms with Gasteiger partial charge in [0.1, 0.15) is 10.7 Å². The van der Waals surface area contributed by atoms with E-state index in [1.165, 1.54) is 36.0 Å². The molecule has 1 aromatic heterocycles. The van der Waals surface area contributed by atoms with Crippen molar-refractivity contribution in [3.05, 3.63) is 102 Å². The number of carbonyl (C=O) groups excluding carboxylic acids is 1. The summed E-state index contributed by atoms with van der Waals surface area (Å²) in [5.41, 5.74) is 3.77. The van der Waals surface area contributed by atoms with Gasteiger partial charge in [0, 0.05) is 5.69 Å². The molecule has 10 heteroatoms. The van der Waals surface area contributed by atoms with Gasteiger partial charge in [-0.3, -0.25) is 14.2 Å². The van der Waals surface area contributed by atoms with E-state index in [4.69, 9.17) is 4.74 Å². The molecule has 40 heavy (non-hydrogen) atoms. The normalized spacial score (nSPS) is 12.2. The van der Waals surface area contributed by atoms with Gasteiger partial charge in [0.25, 0.3) is 11.5 Å². The summed E-state index contributed by atoms with van der Waals surface area (Å²) in [7, 11) is 1.31. The molecule has 0 aliphatic carbocycles. The molecule has 0 saturated heterocycles. The first-order chi connectivity index (χ1) is 19.1. The van der Waals surface area contributed by atoms with Crippen LogP contribution in [0.2, 0.25) is 0 Å². The number of methoxy groups -OCH3 is 1. The first-order valence-electron chi connectivity index (χ1n) is 12.1. The second-order valence-corrected chi connectivity index (χ2v) is 9.95. The molecule has 1 amide bonds. The number of rotatable bonds is 7. The van der Waals surface area contributed by atoms with Crippen molar-refractivity contribution < 1.29 is 23.0 Å². The number of ether oxygens (including phenoxy) is 2. The highest BCUT2D eigenvalue weighted by atomic mass is 32.1. The van der Waals surface area contributed by atoms with E-state index in [0.29, 0.717) is 16.9 Å². The second-order valence-electron chi connectivity index (χ2n) is 8.92. The molecule has 0 unspecified atom stereocenters. The van der Waals surface area contributed by atoms with Gasteiger partial charge in [0.2, 0.25) is 0 Å². The lowest BCUT2D eigenvalue weighted by Gasteiger charge is -2.09. The van der Waals surface area contributed by atoms with Crippen molar-refractivity contribution in [2.75, 3.05) is 12.4 Å². The van der Waals surface area contributed by atoms with Gasteiger partial charge in [0.05, 0.1) is 17.3 Å². The number of nitriles is 1. The Morgan fingerprint density at radius 1 is 1.02 bits per heavy atom. The quantitative estimate of drug-likeness (QED) is 0.357. The van der Waals surface area contributed by atoms with E-state index < -0.39 is 18.1 Å². The number of nitrogens with one attached hydrogen (secondary N) is 1. The first kappa shape index (κ1) is 28.3. The largest absolute Gasteiger partial charge is 0.493 e. The van der Waals surface area contributed by atoms with E-state index in [9.17, 15) is 23.6 Å². The zero-order valence-corrected chi connectivity index (χ0v) is 22.9. The number of anilines is 1. The fourth-order valence-electron chi connectivity index (χ4n) is 3.91. The standard InChI is InChI=1S/C30H25F2N3O4S/c1-17-5-10-22(11-6-17)35-28(37)26(15-20-8-12-24(39-30(31)32)25(14-20)38-4)40-29(35)23(16-33)27(36)34-21-9-7-18(2)19(3)13-21/h5-15,30H,1-4H3,(H,34,36). The van der Waals surface area contributed by atoms with Gasteiger partial charge in [0.15, 0.2) is 17.1 Å². The van der Waals surface area contributed by atoms with E-state index in [-0.39, 0.29) is 26.3 Å². The number of hydrogen-bond acceptors (Lipinski definition) is 6. The Hall–Kier alpha value is -4.75. The van der Waals surface area contributed by atoms with E-state index in [1.54, 1.807) is 24.3 Å². The van der Waals surface area contributed by atoms with Crippen LogP contribution in [0.5, 0.6) is 11.5 Å². The van der Waals surface area contributed by atoms with Gasteiger partial charge in [-0.05, 0) is 79.9 Å². The topological polar surface area (TPSA) is 93.4 Å². The molecule has 4 rings (SSSR count). The Morgan fingerprint density at radius 2 is 1.75 bits per heavy atom. The Kier molecular flexibility index (Phi) is 8.46. The Labute approximate surface area is 232 Å². The lowest BCUT2D eigenvalue weighted by Crippen LogP contribution is -2.32. The van der Waals surface area contributed by atoms with E-state index in [0.717, 1.165) is 28.0 Å². The van der Waals surface area contributed by atoms with Crippen LogP contribution in [0.4, 0.5) is 14.5 Å². The minimum absolute atomic E-state index is 0.0572. The van der Waals surface area contributed by atoms with Crippen LogP contribution in [0.1, 0.15) is 22.3 Å². The van der Waals surface area contributed by atoms with Crippen molar-refractivity contribution in [3.8, 4) is 23.3 Å². The summed E-state index contributed by atoms with van der Waals surface area (Å²) in [5, 5.41) is 12.8. The highest BCUT2D eigenvalue weighted by Crippen LogP contribution is 2.29. The maximum absolute atomic E-state index is 13.7. The summed E-state index contributed by atoms with van der Waals surface area (Å²) in [5.74, 6) is -0.752. The molecular weight excluding hydrogens is 536 g/mol. The van der Waals surface area contributed by atoms with Gasteiger partial charge in [-0.25, -0.2) is 0 Å². The van der Waals surface area contributed by atoms with Crippen LogP contribution in [0.15, 0.2) is 65.5 Å². The lowest BCUT2D eigenvalue weighted by atomic mass is 10.1. The van der Waals surface area contributed by atoms with Crippen molar-refractivity contribution in [1.29, 1.82) is 5.26 Å². The summed E-state index contributed by atoms with van der Waals surface area (Å²) >= 11 is 0.968. The molecule has 0 radical (unpaired) electrons. The smallest absolute Gasteiger partial charge is 0.387 e. The van der Waals surface area contributed by atoms with Crippen LogP contribution in [-0.2, 0) is 4.79 Å². The fourth-order valence-corrected chi connectivity index (χ4v) is 5.01. The van der Waals surface area contributed by atoms with Crippen molar-refractivity contribution in [2.45, 2.75) is 27.4 Å². The molecule has 0 bridgehead atoms. The van der Waals surface area contributed by atoms with Crippen LogP contribution in [-0.4, -0.2) is 24.2 Å². The van der Waals surface area contributed by atoms with E-state index in [2.05, 4.69) is 10.1 Å². The molecule has 1 N–H and O–H groups in total. The van der Waals surface area contributed by atoms with Crippen LogP contribution in [0.25, 0.3) is 17.3 Å². The van der Waals surface area contributed by atoms with Gasteiger partial charge in [-0.15, -0.1) is 11.3 Å². The highest BCUT2D eigenvalue weighted by molar-refractivity contribution is 7.07. The average molecular weight is 562 g/mol. The summed E-state index contributed by atoms with van der Waals surface area (Å²) in [6, 6.07) is 18.7. The van der Waals surface area contributed by atoms with Gasteiger partial charge in [-0.2, -0.15) is 14.0 Å². The third kappa shape index (κ3) is 6.11. The molecule has 1 heterocycles. The molecule has 7 nitrogen and oxygen atoms in total. The molecule has 0 spiro atoms. The van der Waals surface area contributed by atoms with Crippen molar-refractivity contribution in [2.24, 2.45) is 0 Å². The van der Waals surface area contributed by atoms with Crippen LogP contribution in [0, 0.1) is 32.1 Å². The predicted molar refractivity (Wildman–Crippen MR) is 151 cm³/mol. The van der Waals surface area contributed by atoms with Gasteiger partial charge < -0.3 is 14.8 Å². The molecule has 0 aliphatic rings. The maximum Gasteiger partial charge on any atom is 0.387 e. The Balaban J connectivity index is 1.91. The van der Waals surface area contributed by atoms with Crippen molar-refractivity contribution in [3.63, 3.8) is 0 Å². The number of halogens is 2. The minimum atomic E-state index is -3.03. The number of carbonyl (C=O) groups is 1. The molecule has 0 atom stereocenters.